The fraction of sp³-hybridized carbons (Fsp3) is 0.0714. The molecule has 0 spiro atoms. The van der Waals surface area contributed by atoms with Crippen molar-refractivity contribution in [1.82, 2.24) is 4.57 Å². The van der Waals surface area contributed by atoms with E-state index in [0.717, 1.165) is 23.4 Å². The van der Waals surface area contributed by atoms with Crippen LogP contribution in [0, 0.1) is 6.92 Å². The van der Waals surface area contributed by atoms with Crippen LogP contribution in [-0.2, 0) is 6.42 Å². The SMILES string of the molecule is Cc1ccc(/C(N=CN)=C2\Cc3c(-c4cccc(-n5c6ccccc6c6ccccc65)c4)cccc3C2c2ccccc2)cc1. The molecular weight excluding hydrogens is 546 g/mol. The molecule has 7 aromatic rings. The lowest BCUT2D eigenvalue weighted by molar-refractivity contribution is 0.978. The third-order valence-electron chi connectivity index (χ3n) is 9.20. The van der Waals surface area contributed by atoms with Crippen LogP contribution in [0.5, 0.6) is 0 Å². The zero-order valence-corrected chi connectivity index (χ0v) is 25.2. The third kappa shape index (κ3) is 4.56. The predicted octanol–water partition coefficient (Wildman–Crippen LogP) is 9.85. The molecule has 0 amide bonds. The second-order valence-corrected chi connectivity index (χ2v) is 11.8. The van der Waals surface area contributed by atoms with Crippen LogP contribution in [0.2, 0.25) is 0 Å². The van der Waals surface area contributed by atoms with Crippen molar-refractivity contribution in [3.63, 3.8) is 0 Å². The van der Waals surface area contributed by atoms with Gasteiger partial charge in [-0.1, -0.05) is 127 Å². The molecule has 0 fully saturated rings. The van der Waals surface area contributed by atoms with Crippen molar-refractivity contribution in [2.75, 3.05) is 0 Å². The van der Waals surface area contributed by atoms with E-state index in [9.17, 15) is 0 Å². The fourth-order valence-corrected chi connectivity index (χ4v) is 7.21. The zero-order chi connectivity index (χ0) is 30.3. The number of aliphatic imine (C=N–C) groups is 1. The molecule has 1 aromatic heterocycles. The Bertz CT molecular complexity index is 2200. The Balaban J connectivity index is 1.32. The Morgan fingerprint density at radius 2 is 1.38 bits per heavy atom. The number of rotatable bonds is 5. The molecule has 216 valence electrons. The lowest BCUT2D eigenvalue weighted by Crippen LogP contribution is -2.03. The van der Waals surface area contributed by atoms with Crippen LogP contribution in [0.1, 0.15) is 33.7 Å². The summed E-state index contributed by atoms with van der Waals surface area (Å²) in [5.74, 6) is 0.0849. The average molecular weight is 580 g/mol. The molecule has 0 saturated heterocycles. The zero-order valence-electron chi connectivity index (χ0n) is 25.2. The highest BCUT2D eigenvalue weighted by atomic mass is 15.0. The van der Waals surface area contributed by atoms with Gasteiger partial charge in [0.1, 0.15) is 0 Å². The minimum absolute atomic E-state index is 0.0849. The largest absolute Gasteiger partial charge is 0.390 e. The topological polar surface area (TPSA) is 43.3 Å². The summed E-state index contributed by atoms with van der Waals surface area (Å²) < 4.78 is 2.39. The number of para-hydroxylation sites is 2. The van der Waals surface area contributed by atoms with E-state index >= 15 is 0 Å². The molecular formula is C42H33N3. The molecule has 1 aliphatic rings. The van der Waals surface area contributed by atoms with E-state index in [-0.39, 0.29) is 5.92 Å². The van der Waals surface area contributed by atoms with E-state index < -0.39 is 0 Å². The molecule has 1 atom stereocenters. The van der Waals surface area contributed by atoms with Crippen LogP contribution in [-0.4, -0.2) is 10.9 Å². The second-order valence-electron chi connectivity index (χ2n) is 11.8. The van der Waals surface area contributed by atoms with Crippen LogP contribution in [0.4, 0.5) is 0 Å². The monoisotopic (exact) mass is 579 g/mol. The van der Waals surface area contributed by atoms with Gasteiger partial charge < -0.3 is 10.3 Å². The van der Waals surface area contributed by atoms with Crippen molar-refractivity contribution in [1.29, 1.82) is 0 Å². The van der Waals surface area contributed by atoms with Gasteiger partial charge in [0.05, 0.1) is 23.1 Å². The molecule has 1 heterocycles. The van der Waals surface area contributed by atoms with Gasteiger partial charge in [-0.2, -0.15) is 0 Å². The lowest BCUT2D eigenvalue weighted by Gasteiger charge is -2.18. The average Bonchev–Trinajstić information content (AvgIpc) is 3.64. The summed E-state index contributed by atoms with van der Waals surface area (Å²) in [7, 11) is 0. The number of hydrogen-bond acceptors (Lipinski definition) is 1. The molecule has 6 aromatic carbocycles. The highest BCUT2D eigenvalue weighted by molar-refractivity contribution is 6.09. The standard InChI is InChI=1S/C42H33N3/c1-28-21-23-30(24-22-28)42(44-27-43)38-26-37-33(17-10-18-36(37)41(38)29-11-3-2-4-12-29)31-13-9-14-32(25-31)45-39-19-7-5-15-34(39)35-16-6-8-20-40(35)45/h2-25,27,41H,26H2,1H3,(H2,43,44)/b42-38-. The summed E-state index contributed by atoms with van der Waals surface area (Å²) in [4.78, 5) is 4.80. The minimum Gasteiger partial charge on any atom is -0.390 e. The van der Waals surface area contributed by atoms with Crippen LogP contribution >= 0.6 is 0 Å². The molecule has 8 rings (SSSR count). The predicted molar refractivity (Wildman–Crippen MR) is 189 cm³/mol. The Hall–Kier alpha value is -5.67. The summed E-state index contributed by atoms with van der Waals surface area (Å²) in [6, 6.07) is 52.5. The molecule has 45 heavy (non-hydrogen) atoms. The van der Waals surface area contributed by atoms with Crippen molar-refractivity contribution >= 4 is 33.8 Å². The fourth-order valence-electron chi connectivity index (χ4n) is 7.21. The first-order valence-electron chi connectivity index (χ1n) is 15.5. The van der Waals surface area contributed by atoms with E-state index in [1.807, 2.05) is 0 Å². The first-order chi connectivity index (χ1) is 22.2. The molecule has 0 saturated carbocycles. The maximum absolute atomic E-state index is 5.99. The van der Waals surface area contributed by atoms with Crippen molar-refractivity contribution in [2.45, 2.75) is 19.3 Å². The summed E-state index contributed by atoms with van der Waals surface area (Å²) >= 11 is 0. The second kappa shape index (κ2) is 11.1. The molecule has 3 nitrogen and oxygen atoms in total. The van der Waals surface area contributed by atoms with Crippen molar-refractivity contribution in [3.8, 4) is 16.8 Å². The van der Waals surface area contributed by atoms with Gasteiger partial charge in [0.25, 0.3) is 0 Å². The Morgan fingerprint density at radius 3 is 2.09 bits per heavy atom. The Morgan fingerprint density at radius 1 is 0.711 bits per heavy atom. The summed E-state index contributed by atoms with van der Waals surface area (Å²) in [5, 5.41) is 2.53. The number of nitrogens with two attached hydrogens (primary N) is 1. The van der Waals surface area contributed by atoms with Crippen molar-refractivity contribution in [3.05, 3.63) is 179 Å². The minimum atomic E-state index is 0.0849. The van der Waals surface area contributed by atoms with Gasteiger partial charge in [-0.15, -0.1) is 0 Å². The number of aromatic nitrogens is 1. The van der Waals surface area contributed by atoms with E-state index in [1.54, 1.807) is 0 Å². The van der Waals surface area contributed by atoms with Gasteiger partial charge in [0, 0.05) is 27.9 Å². The lowest BCUT2D eigenvalue weighted by atomic mass is 9.87. The van der Waals surface area contributed by atoms with E-state index in [0.29, 0.717) is 0 Å². The first-order valence-corrected chi connectivity index (χ1v) is 15.5. The summed E-state index contributed by atoms with van der Waals surface area (Å²) in [6.45, 7) is 2.11. The first kappa shape index (κ1) is 26.9. The maximum Gasteiger partial charge on any atom is 0.0860 e. The number of hydrogen-bond donors (Lipinski definition) is 1. The Labute approximate surface area is 263 Å². The van der Waals surface area contributed by atoms with Crippen molar-refractivity contribution < 1.29 is 0 Å². The molecule has 2 N–H and O–H groups in total. The van der Waals surface area contributed by atoms with Crippen molar-refractivity contribution in [2.24, 2.45) is 10.7 Å². The van der Waals surface area contributed by atoms with Gasteiger partial charge in [-0.25, -0.2) is 4.99 Å². The number of benzene rings is 6. The van der Waals surface area contributed by atoms with Crippen LogP contribution in [0.15, 0.2) is 156 Å². The number of nitrogens with zero attached hydrogens (tertiary/aromatic N) is 2. The maximum atomic E-state index is 5.99. The van der Waals surface area contributed by atoms with Gasteiger partial charge in [0.15, 0.2) is 0 Å². The molecule has 0 bridgehead atoms. The van der Waals surface area contributed by atoms with E-state index in [4.69, 9.17) is 10.7 Å². The molecule has 0 aliphatic heterocycles. The Kier molecular flexibility index (Phi) is 6.65. The number of fused-ring (bicyclic) bond motifs is 4. The van der Waals surface area contributed by atoms with Crippen LogP contribution in [0.3, 0.4) is 0 Å². The highest BCUT2D eigenvalue weighted by Gasteiger charge is 2.33. The number of allylic oxidation sites excluding steroid dienone is 1. The molecule has 3 heteroatoms. The van der Waals surface area contributed by atoms with Gasteiger partial charge in [0.2, 0.25) is 0 Å². The van der Waals surface area contributed by atoms with Gasteiger partial charge >= 0.3 is 0 Å². The summed E-state index contributed by atoms with van der Waals surface area (Å²) in [5.41, 5.74) is 20.5. The highest BCUT2D eigenvalue weighted by Crippen LogP contribution is 2.48. The van der Waals surface area contributed by atoms with E-state index in [1.165, 1.54) is 67.1 Å². The van der Waals surface area contributed by atoms with E-state index in [2.05, 4.69) is 157 Å². The van der Waals surface area contributed by atoms with Gasteiger partial charge in [-0.05, 0) is 71.0 Å². The quantitative estimate of drug-likeness (QED) is 0.160. The third-order valence-corrected chi connectivity index (χ3v) is 9.20. The smallest absolute Gasteiger partial charge is 0.0860 e. The molecule has 1 unspecified atom stereocenters. The van der Waals surface area contributed by atoms with Gasteiger partial charge in [-0.3, -0.25) is 0 Å². The number of aryl methyl sites for hydroxylation is 1. The molecule has 0 radical (unpaired) electrons. The van der Waals surface area contributed by atoms with Crippen LogP contribution < -0.4 is 5.73 Å². The summed E-state index contributed by atoms with van der Waals surface area (Å²) in [6.07, 6.45) is 2.23. The van der Waals surface area contributed by atoms with Crippen LogP contribution in [0.25, 0.3) is 44.3 Å². The normalized spacial score (nSPS) is 15.6. The molecule has 1 aliphatic carbocycles.